The molecule has 1 aliphatic heterocycles. The summed E-state index contributed by atoms with van der Waals surface area (Å²) in [5.74, 6) is 2.59. The predicted molar refractivity (Wildman–Crippen MR) is 237 cm³/mol. The van der Waals surface area contributed by atoms with E-state index in [-0.39, 0.29) is 36.0 Å². The van der Waals surface area contributed by atoms with E-state index in [0.717, 1.165) is 127 Å². The summed E-state index contributed by atoms with van der Waals surface area (Å²) in [5.41, 5.74) is 4.82. The van der Waals surface area contributed by atoms with E-state index in [9.17, 15) is 9.90 Å². The Morgan fingerprint density at radius 1 is 0.881 bits per heavy atom. The molecule has 9 rings (SSSR count). The minimum Gasteiger partial charge on any atom is -0.393 e. The molecule has 2 saturated carbocycles. The first-order chi connectivity index (χ1) is 28.6. The Balaban J connectivity index is 0.882. The lowest BCUT2D eigenvalue weighted by molar-refractivity contribution is 0.0251. The molecule has 0 amide bonds. The van der Waals surface area contributed by atoms with Crippen LogP contribution in [0.15, 0.2) is 48.0 Å². The SMILES string of the molecule is Cc1cc(N(O[C@H]2CC[C@H](Nc3nc(Nc4ccc(C(=O)C5CCN(C)CC5)c(Cl)c4)nc4ccsc34)CC2)c2nc(N[C@H]3CC[C@H](O)CC3)c3c(ccn3C)n2)sn1. The highest BCUT2D eigenvalue weighted by Gasteiger charge is 2.30. The zero-order valence-electron chi connectivity index (χ0n) is 33.5. The maximum atomic E-state index is 13.3. The average molecular weight is 857 g/mol. The monoisotopic (exact) mass is 855 g/mol. The number of likely N-dealkylation sites (tertiary alicyclic amines) is 1. The van der Waals surface area contributed by atoms with E-state index in [1.165, 1.54) is 11.5 Å². The third-order valence-electron chi connectivity index (χ3n) is 11.9. The molecule has 14 nitrogen and oxygen atoms in total. The Hall–Kier alpha value is -4.45. The molecular weight excluding hydrogens is 806 g/mol. The number of carbonyl (C=O) groups excluding carboxylic acids is 1. The van der Waals surface area contributed by atoms with Crippen molar-refractivity contribution >= 4 is 95.7 Å². The minimum atomic E-state index is -0.234. The normalized spacial score (nSPS) is 21.8. The van der Waals surface area contributed by atoms with Gasteiger partial charge in [0.05, 0.1) is 38.7 Å². The molecule has 6 aromatic rings. The van der Waals surface area contributed by atoms with E-state index in [2.05, 4.69) is 32.3 Å². The van der Waals surface area contributed by atoms with Gasteiger partial charge in [-0.1, -0.05) is 11.6 Å². The van der Waals surface area contributed by atoms with Crippen LogP contribution in [0.1, 0.15) is 80.3 Å². The number of hydrogen-bond acceptors (Lipinski definition) is 15. The molecule has 3 aliphatic rings. The van der Waals surface area contributed by atoms with E-state index in [1.807, 2.05) is 60.4 Å². The van der Waals surface area contributed by atoms with Gasteiger partial charge in [0, 0.05) is 42.5 Å². The number of benzene rings is 1. The van der Waals surface area contributed by atoms with Crippen molar-refractivity contribution in [2.45, 2.75) is 95.4 Å². The first kappa shape index (κ1) is 40.0. The lowest BCUT2D eigenvalue weighted by Gasteiger charge is -2.32. The number of fused-ring (bicyclic) bond motifs is 2. The van der Waals surface area contributed by atoms with Crippen molar-refractivity contribution in [2.75, 3.05) is 41.2 Å². The van der Waals surface area contributed by atoms with Crippen LogP contribution in [0.2, 0.25) is 5.02 Å². The molecule has 0 unspecified atom stereocenters. The summed E-state index contributed by atoms with van der Waals surface area (Å²) >= 11 is 9.69. The number of nitrogens with zero attached hydrogens (tertiary/aromatic N) is 8. The number of rotatable bonds is 12. The highest BCUT2D eigenvalue weighted by atomic mass is 35.5. The molecule has 5 aromatic heterocycles. The molecule has 1 aromatic carbocycles. The Kier molecular flexibility index (Phi) is 11.7. The molecule has 2 aliphatic carbocycles. The van der Waals surface area contributed by atoms with Gasteiger partial charge in [-0.25, -0.2) is 9.97 Å². The zero-order valence-corrected chi connectivity index (χ0v) is 35.9. The topological polar surface area (TPSA) is 158 Å². The Labute approximate surface area is 356 Å². The minimum absolute atomic E-state index is 0.00140. The molecule has 6 heterocycles. The smallest absolute Gasteiger partial charge is 0.258 e. The van der Waals surface area contributed by atoms with Gasteiger partial charge in [0.2, 0.25) is 5.95 Å². The van der Waals surface area contributed by atoms with Gasteiger partial charge in [0.25, 0.3) is 5.95 Å². The Bertz CT molecular complexity index is 2430. The molecule has 0 radical (unpaired) electrons. The van der Waals surface area contributed by atoms with Crippen molar-refractivity contribution in [3.63, 3.8) is 0 Å². The number of carbonyl (C=O) groups is 1. The van der Waals surface area contributed by atoms with Crippen LogP contribution in [-0.4, -0.2) is 89.1 Å². The van der Waals surface area contributed by atoms with Gasteiger partial charge in [-0.15, -0.1) is 11.3 Å². The van der Waals surface area contributed by atoms with Crippen molar-refractivity contribution < 1.29 is 14.7 Å². The maximum Gasteiger partial charge on any atom is 0.258 e. The summed E-state index contributed by atoms with van der Waals surface area (Å²) in [5, 5.41) is 25.9. The number of hydrogen-bond donors (Lipinski definition) is 4. The molecule has 0 atom stereocenters. The summed E-state index contributed by atoms with van der Waals surface area (Å²) < 4.78 is 7.61. The molecule has 3 fully saturated rings. The molecule has 1 saturated heterocycles. The number of piperidine rings is 1. The number of halogens is 1. The zero-order chi connectivity index (χ0) is 40.6. The van der Waals surface area contributed by atoms with Crippen molar-refractivity contribution in [1.29, 1.82) is 0 Å². The highest BCUT2D eigenvalue weighted by molar-refractivity contribution is 7.17. The quantitative estimate of drug-likeness (QED) is 0.0684. The van der Waals surface area contributed by atoms with Crippen molar-refractivity contribution in [3.05, 3.63) is 64.3 Å². The van der Waals surface area contributed by atoms with Crippen LogP contribution in [0.25, 0.3) is 21.3 Å². The summed E-state index contributed by atoms with van der Waals surface area (Å²) in [6.45, 7) is 3.81. The molecule has 17 heteroatoms. The second-order valence-corrected chi connectivity index (χ2v) is 18.4. The molecule has 0 spiro atoms. The number of Topliss-reactive ketones (excluding diaryl/α,β-unsaturated/α-hetero) is 1. The molecule has 59 heavy (non-hydrogen) atoms. The second-order valence-electron chi connectivity index (χ2n) is 16.3. The van der Waals surface area contributed by atoms with Gasteiger partial charge < -0.3 is 30.5 Å². The summed E-state index contributed by atoms with van der Waals surface area (Å²) in [7, 11) is 4.10. The third-order valence-corrected chi connectivity index (χ3v) is 14.0. The summed E-state index contributed by atoms with van der Waals surface area (Å²) in [6, 6.07) is 11.9. The van der Waals surface area contributed by atoms with Gasteiger partial charge >= 0.3 is 0 Å². The highest BCUT2D eigenvalue weighted by Crippen LogP contribution is 2.37. The van der Waals surface area contributed by atoms with Crippen LogP contribution >= 0.6 is 34.5 Å². The molecule has 0 bridgehead atoms. The second kappa shape index (κ2) is 17.3. The van der Waals surface area contributed by atoms with E-state index < -0.39 is 0 Å². The van der Waals surface area contributed by atoms with Crippen molar-refractivity contribution in [1.82, 2.24) is 33.8 Å². The van der Waals surface area contributed by atoms with Crippen molar-refractivity contribution in [3.8, 4) is 0 Å². The first-order valence-corrected chi connectivity index (χ1v) is 22.7. The number of aryl methyl sites for hydroxylation is 2. The summed E-state index contributed by atoms with van der Waals surface area (Å²) in [4.78, 5) is 42.2. The Morgan fingerprint density at radius 3 is 2.36 bits per heavy atom. The molecule has 4 N–H and O–H groups in total. The number of thiophene rings is 1. The van der Waals surface area contributed by atoms with Gasteiger partial charge in [0.15, 0.2) is 11.6 Å². The van der Waals surface area contributed by atoms with Crippen LogP contribution in [-0.2, 0) is 11.9 Å². The fourth-order valence-electron chi connectivity index (χ4n) is 8.51. The Morgan fingerprint density at radius 2 is 1.63 bits per heavy atom. The first-order valence-electron chi connectivity index (χ1n) is 20.6. The van der Waals surface area contributed by atoms with E-state index in [0.29, 0.717) is 22.5 Å². The largest absolute Gasteiger partial charge is 0.393 e. The van der Waals surface area contributed by atoms with Crippen LogP contribution in [0.3, 0.4) is 0 Å². The van der Waals surface area contributed by atoms with Gasteiger partial charge in [-0.05, 0) is 145 Å². The lowest BCUT2D eigenvalue weighted by atomic mass is 9.89. The van der Waals surface area contributed by atoms with E-state index in [4.69, 9.17) is 36.4 Å². The van der Waals surface area contributed by atoms with Crippen LogP contribution in [0.4, 0.5) is 34.2 Å². The number of anilines is 6. The standard InChI is InChI=1S/C42H50ClN11O3S2/c1-24-22-35(59-51-24)54(42-48-33-16-20-53(3)36(33)39(50-42)44-26-4-9-29(55)10-5-26)57-30-11-6-27(7-12-30)45-40-38-34(17-21-58-38)47-41(49-40)46-28-8-13-31(32(43)23-28)37(56)25-14-18-52(2)19-15-25/h8,13,16-17,20-23,25-27,29-30,55H,4-7,9-12,14-15,18-19H2,1-3H3,(H,44,48,50)(H2,45,46,47,49)/t26-,27-,29-,30-. The van der Waals surface area contributed by atoms with E-state index in [1.54, 1.807) is 22.5 Å². The van der Waals surface area contributed by atoms with Crippen molar-refractivity contribution in [2.24, 2.45) is 13.0 Å². The number of aliphatic hydroxyl groups is 1. The van der Waals surface area contributed by atoms with E-state index >= 15 is 0 Å². The van der Waals surface area contributed by atoms with Crippen LogP contribution in [0, 0.1) is 12.8 Å². The predicted octanol–water partition coefficient (Wildman–Crippen LogP) is 8.87. The molecular formula is C42H50ClN11O3S2. The van der Waals surface area contributed by atoms with Gasteiger partial charge in [-0.2, -0.15) is 19.4 Å². The number of ketones is 1. The average Bonchev–Trinajstić information content (AvgIpc) is 3.99. The van der Waals surface area contributed by atoms with Gasteiger partial charge in [0.1, 0.15) is 16.3 Å². The fourth-order valence-corrected chi connectivity index (χ4v) is 10.3. The van der Waals surface area contributed by atoms with Gasteiger partial charge in [-0.3, -0.25) is 9.63 Å². The number of aromatic nitrogens is 6. The van der Waals surface area contributed by atoms with Crippen LogP contribution < -0.4 is 21.0 Å². The number of nitrogens with one attached hydrogen (secondary N) is 3. The fraction of sp³-hybridized carbons (Fsp3) is 0.476. The number of aliphatic hydroxyl groups excluding tert-OH is 1. The molecule has 310 valence electrons. The third kappa shape index (κ3) is 8.89. The summed E-state index contributed by atoms with van der Waals surface area (Å²) in [6.07, 6.45) is 10.1. The lowest BCUT2D eigenvalue weighted by Crippen LogP contribution is -2.34. The maximum absolute atomic E-state index is 13.3. The van der Waals surface area contributed by atoms with Crippen LogP contribution in [0.5, 0.6) is 0 Å².